The maximum absolute atomic E-state index is 10.4. The van der Waals surface area contributed by atoms with Crippen molar-refractivity contribution in [2.45, 2.75) is 0 Å². The first kappa shape index (κ1) is 9.36. The summed E-state index contributed by atoms with van der Waals surface area (Å²) < 4.78 is 14.4. The van der Waals surface area contributed by atoms with Gasteiger partial charge in [0.15, 0.2) is 0 Å². The van der Waals surface area contributed by atoms with Crippen LogP contribution in [-0.4, -0.2) is 22.3 Å². The molecule has 0 bridgehead atoms. The molecule has 0 saturated heterocycles. The molecule has 0 aliphatic heterocycles. The van der Waals surface area contributed by atoms with Crippen LogP contribution in [0.4, 0.5) is 4.79 Å². The van der Waals surface area contributed by atoms with E-state index >= 15 is 0 Å². The van der Waals surface area contributed by atoms with Gasteiger partial charge in [-0.2, -0.15) is 0 Å². The summed E-state index contributed by atoms with van der Waals surface area (Å²) in [6.07, 6.45) is 1.19. The molecule has 2 N–H and O–H groups in total. The third kappa shape index (κ3) is 2.77. The molecule has 5 nitrogen and oxygen atoms in total. The molecule has 6 heteroatoms. The molecular formula is C4H7O5P. The largest absolute Gasteiger partial charge is 0.472 e. The number of carbonyl (C=O) groups is 1. The van der Waals surface area contributed by atoms with E-state index in [1.807, 2.05) is 0 Å². The lowest BCUT2D eigenvalue weighted by atomic mass is 10.7. The van der Waals surface area contributed by atoms with Crippen molar-refractivity contribution in [3.63, 3.8) is 0 Å². The van der Waals surface area contributed by atoms with Crippen LogP contribution in [0.1, 0.15) is 0 Å². The van der Waals surface area contributed by atoms with E-state index in [1.54, 1.807) is 0 Å². The van der Waals surface area contributed by atoms with Gasteiger partial charge in [-0.15, -0.1) is 6.58 Å². The van der Waals surface area contributed by atoms with E-state index in [2.05, 4.69) is 11.1 Å². The van der Waals surface area contributed by atoms with Crippen LogP contribution in [0.25, 0.3) is 0 Å². The number of hydrogen-bond acceptors (Lipinski definition) is 3. The summed E-state index contributed by atoms with van der Waals surface area (Å²) in [6.45, 7) is 2.92. The zero-order valence-corrected chi connectivity index (χ0v) is 5.95. The normalized spacial score (nSPS) is 15.7. The minimum Gasteiger partial charge on any atom is -0.472 e. The van der Waals surface area contributed by atoms with E-state index in [0.29, 0.717) is 0 Å². The van der Waals surface area contributed by atoms with Crippen LogP contribution in [-0.2, 0) is 9.09 Å². The van der Waals surface area contributed by atoms with Gasteiger partial charge in [0.25, 0.3) is 0 Å². The quantitative estimate of drug-likeness (QED) is 0.481. The smallest absolute Gasteiger partial charge is 0.435 e. The molecule has 0 spiro atoms. The molecule has 0 aromatic heterocycles. The van der Waals surface area contributed by atoms with Crippen molar-refractivity contribution in [3.05, 3.63) is 12.7 Å². The highest BCUT2D eigenvalue weighted by Crippen LogP contribution is 2.41. The van der Waals surface area contributed by atoms with E-state index in [9.17, 15) is 9.36 Å². The molecule has 0 aliphatic carbocycles. The van der Waals surface area contributed by atoms with Crippen molar-refractivity contribution < 1.29 is 23.9 Å². The summed E-state index contributed by atoms with van der Waals surface area (Å²) in [6, 6.07) is 0. The van der Waals surface area contributed by atoms with Crippen molar-refractivity contribution in [1.29, 1.82) is 0 Å². The van der Waals surface area contributed by atoms with E-state index in [1.165, 1.54) is 6.08 Å². The second-order valence-corrected chi connectivity index (χ2v) is 3.07. The average molecular weight is 166 g/mol. The van der Waals surface area contributed by atoms with Crippen molar-refractivity contribution in [3.8, 4) is 0 Å². The SMILES string of the molecule is C=CCOP(=O)(O)C(=O)O. The van der Waals surface area contributed by atoms with E-state index in [4.69, 9.17) is 10.00 Å². The summed E-state index contributed by atoms with van der Waals surface area (Å²) in [4.78, 5) is 18.3. The van der Waals surface area contributed by atoms with Gasteiger partial charge in [0.2, 0.25) is 0 Å². The Bertz CT molecular complexity index is 186. The van der Waals surface area contributed by atoms with Crippen LogP contribution in [0.5, 0.6) is 0 Å². The van der Waals surface area contributed by atoms with Crippen LogP contribution in [0.2, 0.25) is 0 Å². The van der Waals surface area contributed by atoms with Gasteiger partial charge in [0.05, 0.1) is 6.61 Å². The Kier molecular flexibility index (Phi) is 3.28. The van der Waals surface area contributed by atoms with Crippen LogP contribution in [0.15, 0.2) is 12.7 Å². The first-order valence-electron chi connectivity index (χ1n) is 2.32. The molecular weight excluding hydrogens is 159 g/mol. The molecule has 0 amide bonds. The minimum absolute atomic E-state index is 0.250. The van der Waals surface area contributed by atoms with Gasteiger partial charge in [-0.1, -0.05) is 6.08 Å². The van der Waals surface area contributed by atoms with Crippen LogP contribution in [0, 0.1) is 0 Å². The Labute approximate surface area is 57.5 Å². The molecule has 0 fully saturated rings. The molecule has 0 aromatic rings. The van der Waals surface area contributed by atoms with Gasteiger partial charge >= 0.3 is 13.3 Å². The molecule has 1 atom stereocenters. The molecule has 0 aromatic carbocycles. The van der Waals surface area contributed by atoms with E-state index in [-0.39, 0.29) is 6.61 Å². The van der Waals surface area contributed by atoms with Crippen LogP contribution >= 0.6 is 7.60 Å². The summed E-state index contributed by atoms with van der Waals surface area (Å²) in [5.74, 6) is 0. The Morgan fingerprint density at radius 3 is 2.60 bits per heavy atom. The first-order valence-corrected chi connectivity index (χ1v) is 3.90. The minimum atomic E-state index is -4.44. The maximum Gasteiger partial charge on any atom is 0.435 e. The summed E-state index contributed by atoms with van der Waals surface area (Å²) in [5.41, 5.74) is -1.85. The topological polar surface area (TPSA) is 83.8 Å². The molecule has 1 unspecified atom stereocenters. The van der Waals surface area contributed by atoms with Crippen LogP contribution < -0.4 is 0 Å². The lowest BCUT2D eigenvalue weighted by Crippen LogP contribution is -1.98. The van der Waals surface area contributed by atoms with Crippen molar-refractivity contribution >= 4 is 13.3 Å². The highest BCUT2D eigenvalue weighted by atomic mass is 31.2. The standard InChI is InChI=1S/C4H7O5P/c1-2-3-9-10(7,8)4(5)6/h2H,1,3H2,(H,5,6)(H,7,8). The lowest BCUT2D eigenvalue weighted by Gasteiger charge is -2.02. The van der Waals surface area contributed by atoms with Crippen molar-refractivity contribution in [1.82, 2.24) is 0 Å². The summed E-state index contributed by atoms with van der Waals surface area (Å²) >= 11 is 0. The second-order valence-electron chi connectivity index (χ2n) is 1.39. The van der Waals surface area contributed by atoms with Gasteiger partial charge in [-0.3, -0.25) is 4.52 Å². The predicted octanol–water partition coefficient (Wildman–Crippen LogP) is 1.05. The highest BCUT2D eigenvalue weighted by molar-refractivity contribution is 7.70. The average Bonchev–Trinajstić information content (AvgIpc) is 1.84. The molecule has 0 heterocycles. The lowest BCUT2D eigenvalue weighted by molar-refractivity contribution is 0.200. The first-order chi connectivity index (χ1) is 4.50. The monoisotopic (exact) mass is 166 g/mol. The van der Waals surface area contributed by atoms with Crippen molar-refractivity contribution in [2.75, 3.05) is 6.61 Å². The molecule has 0 radical (unpaired) electrons. The van der Waals surface area contributed by atoms with Crippen LogP contribution in [0.3, 0.4) is 0 Å². The Morgan fingerprint density at radius 2 is 2.30 bits per heavy atom. The van der Waals surface area contributed by atoms with Gasteiger partial charge in [-0.05, 0) is 0 Å². The fourth-order valence-electron chi connectivity index (χ4n) is 0.209. The Hall–Kier alpha value is -0.640. The highest BCUT2D eigenvalue weighted by Gasteiger charge is 2.29. The van der Waals surface area contributed by atoms with Gasteiger partial charge < -0.3 is 10.00 Å². The number of hydrogen-bond donors (Lipinski definition) is 2. The Morgan fingerprint density at radius 1 is 1.80 bits per heavy atom. The third-order valence-electron chi connectivity index (χ3n) is 0.609. The van der Waals surface area contributed by atoms with Gasteiger partial charge in [0.1, 0.15) is 0 Å². The fourth-order valence-corrected chi connectivity index (χ4v) is 0.627. The molecule has 58 valence electrons. The molecule has 0 aliphatic rings. The number of rotatable bonds is 4. The molecule has 10 heavy (non-hydrogen) atoms. The zero-order chi connectivity index (χ0) is 8.20. The fraction of sp³-hybridized carbons (Fsp3) is 0.250. The third-order valence-corrected chi connectivity index (χ3v) is 1.59. The second kappa shape index (κ2) is 3.51. The van der Waals surface area contributed by atoms with Gasteiger partial charge in [0, 0.05) is 0 Å². The molecule has 0 rings (SSSR count). The Balaban J connectivity index is 4.00. The number of carboxylic acid groups (broad SMARTS) is 1. The molecule has 0 saturated carbocycles. The predicted molar refractivity (Wildman–Crippen MR) is 34.0 cm³/mol. The van der Waals surface area contributed by atoms with Crippen molar-refractivity contribution in [2.24, 2.45) is 0 Å². The summed E-state index contributed by atoms with van der Waals surface area (Å²) in [7, 11) is -4.44. The van der Waals surface area contributed by atoms with Gasteiger partial charge in [-0.25, -0.2) is 9.36 Å². The zero-order valence-electron chi connectivity index (χ0n) is 5.06. The maximum atomic E-state index is 10.4. The van der Waals surface area contributed by atoms with E-state index in [0.717, 1.165) is 0 Å². The van der Waals surface area contributed by atoms with E-state index < -0.39 is 13.3 Å². The summed E-state index contributed by atoms with van der Waals surface area (Å²) in [5, 5.41) is 8.00.